The van der Waals surface area contributed by atoms with Gasteiger partial charge in [0.25, 0.3) is 0 Å². The number of unbranched alkanes of at least 4 members (excludes halogenated alkanes) is 1. The van der Waals surface area contributed by atoms with E-state index in [0.717, 1.165) is 35.0 Å². The van der Waals surface area contributed by atoms with Gasteiger partial charge < -0.3 is 14.8 Å². The summed E-state index contributed by atoms with van der Waals surface area (Å²) in [6.07, 6.45) is 2.09. The molecule has 0 bridgehead atoms. The maximum Gasteiger partial charge on any atom is 0.243 e. The molecule has 0 saturated carbocycles. The molecule has 0 spiro atoms. The van der Waals surface area contributed by atoms with Crippen LogP contribution in [0.15, 0.2) is 34.8 Å². The van der Waals surface area contributed by atoms with E-state index >= 15 is 0 Å². The number of nitrogens with one attached hydrogen (secondary N) is 1. The van der Waals surface area contributed by atoms with E-state index in [1.165, 1.54) is 0 Å². The van der Waals surface area contributed by atoms with Crippen molar-refractivity contribution in [2.24, 2.45) is 0 Å². The summed E-state index contributed by atoms with van der Waals surface area (Å²) >= 11 is 15.8. The molecule has 0 saturated heterocycles. The van der Waals surface area contributed by atoms with E-state index in [4.69, 9.17) is 32.7 Å². The van der Waals surface area contributed by atoms with E-state index in [1.54, 1.807) is 16.8 Å². The maximum absolute atomic E-state index is 6.26. The first-order chi connectivity index (χ1) is 15.0. The van der Waals surface area contributed by atoms with Crippen molar-refractivity contribution >= 4 is 45.1 Å². The molecule has 166 valence electrons. The van der Waals surface area contributed by atoms with Crippen LogP contribution in [0.3, 0.4) is 0 Å². The summed E-state index contributed by atoms with van der Waals surface area (Å²) in [6.45, 7) is 6.18. The maximum atomic E-state index is 6.26. The van der Waals surface area contributed by atoms with E-state index in [2.05, 4.69) is 43.7 Å². The Morgan fingerprint density at radius 1 is 1.13 bits per heavy atom. The van der Waals surface area contributed by atoms with Crippen LogP contribution >= 0.6 is 39.1 Å². The molecule has 1 N–H and O–H groups in total. The Bertz CT molecular complexity index is 1020. The number of benzene rings is 2. The topological polar surface area (TPSA) is 74.1 Å². The van der Waals surface area contributed by atoms with Crippen molar-refractivity contribution in [3.8, 4) is 11.5 Å². The number of rotatable bonds is 11. The van der Waals surface area contributed by atoms with Gasteiger partial charge in [-0.05, 0) is 69.5 Å². The molecule has 1 heterocycles. The third-order valence-corrected chi connectivity index (χ3v) is 5.64. The van der Waals surface area contributed by atoms with Gasteiger partial charge in [-0.2, -0.15) is 0 Å². The molecule has 1 aromatic heterocycles. The van der Waals surface area contributed by atoms with Crippen molar-refractivity contribution in [3.63, 3.8) is 0 Å². The lowest BCUT2D eigenvalue weighted by Crippen LogP contribution is -2.09. The average Bonchev–Trinajstić information content (AvgIpc) is 3.19. The van der Waals surface area contributed by atoms with Gasteiger partial charge in [-0.1, -0.05) is 47.7 Å². The lowest BCUT2D eigenvalue weighted by molar-refractivity contribution is 0.267. The van der Waals surface area contributed by atoms with E-state index < -0.39 is 0 Å². The van der Waals surface area contributed by atoms with Crippen LogP contribution in [0.2, 0.25) is 10.0 Å². The number of hydrogen-bond donors (Lipinski definition) is 1. The number of halogens is 3. The van der Waals surface area contributed by atoms with Crippen LogP contribution in [0.25, 0.3) is 0 Å². The van der Waals surface area contributed by atoms with E-state index in [1.807, 2.05) is 25.1 Å². The highest BCUT2D eigenvalue weighted by atomic mass is 79.9. The molecule has 0 radical (unpaired) electrons. The molecule has 0 aliphatic heterocycles. The minimum Gasteiger partial charge on any atom is -0.490 e. The summed E-state index contributed by atoms with van der Waals surface area (Å²) in [5.74, 6) is 1.90. The Morgan fingerprint density at radius 3 is 2.71 bits per heavy atom. The Labute approximate surface area is 200 Å². The molecular formula is C21H24BrCl2N5O2. The number of aromatic nitrogens is 4. The predicted molar refractivity (Wildman–Crippen MR) is 126 cm³/mol. The largest absolute Gasteiger partial charge is 0.490 e. The highest BCUT2D eigenvalue weighted by molar-refractivity contribution is 9.10. The smallest absolute Gasteiger partial charge is 0.243 e. The van der Waals surface area contributed by atoms with Crippen LogP contribution in [0.4, 0.5) is 5.95 Å². The summed E-state index contributed by atoms with van der Waals surface area (Å²) in [6, 6.07) is 9.26. The molecule has 10 heteroatoms. The normalized spacial score (nSPS) is 10.9. The van der Waals surface area contributed by atoms with Crippen molar-refractivity contribution in [1.29, 1.82) is 0 Å². The quantitative estimate of drug-likeness (QED) is 0.322. The number of ether oxygens (including phenoxy) is 2. The minimum atomic E-state index is 0.290. The highest BCUT2D eigenvalue weighted by Gasteiger charge is 2.14. The van der Waals surface area contributed by atoms with Crippen molar-refractivity contribution in [1.82, 2.24) is 20.2 Å². The van der Waals surface area contributed by atoms with Gasteiger partial charge in [0.2, 0.25) is 5.95 Å². The highest BCUT2D eigenvalue weighted by Crippen LogP contribution is 2.38. The van der Waals surface area contributed by atoms with Crippen LogP contribution < -0.4 is 14.8 Å². The van der Waals surface area contributed by atoms with Crippen LogP contribution in [0.5, 0.6) is 11.5 Å². The van der Waals surface area contributed by atoms with Crippen molar-refractivity contribution in [2.75, 3.05) is 11.9 Å². The second kappa shape index (κ2) is 11.5. The Kier molecular flexibility index (Phi) is 8.80. The second-order valence-electron chi connectivity index (χ2n) is 6.80. The molecule has 0 aliphatic rings. The monoisotopic (exact) mass is 527 g/mol. The average molecular weight is 529 g/mol. The zero-order valence-corrected chi connectivity index (χ0v) is 20.5. The third kappa shape index (κ3) is 6.48. The summed E-state index contributed by atoms with van der Waals surface area (Å²) < 4.78 is 14.4. The van der Waals surface area contributed by atoms with Gasteiger partial charge in [-0.15, -0.1) is 0 Å². The van der Waals surface area contributed by atoms with E-state index in [9.17, 15) is 0 Å². The van der Waals surface area contributed by atoms with Gasteiger partial charge in [-0.25, -0.2) is 4.68 Å². The minimum absolute atomic E-state index is 0.290. The van der Waals surface area contributed by atoms with Gasteiger partial charge in [0.05, 0.1) is 11.1 Å². The molecule has 2 aromatic carbocycles. The second-order valence-corrected chi connectivity index (χ2v) is 8.49. The van der Waals surface area contributed by atoms with Gasteiger partial charge in [0.15, 0.2) is 11.5 Å². The number of hydrogen-bond acceptors (Lipinski definition) is 6. The van der Waals surface area contributed by atoms with Crippen LogP contribution in [-0.4, -0.2) is 26.8 Å². The fraction of sp³-hybridized carbons (Fsp3) is 0.381. The molecule has 0 fully saturated rings. The standard InChI is InChI=1S/C21H24BrCl2N5O2/c1-3-5-8-29-21(26-27-28-29)25-12-14-9-17(22)20(19(10-14)30-4-2)31-13-15-6-7-16(23)11-18(15)24/h6-7,9-11H,3-5,8,12-13H2,1-2H3,(H,25,26,28). The number of aryl methyl sites for hydroxylation is 1. The third-order valence-electron chi connectivity index (χ3n) is 4.46. The van der Waals surface area contributed by atoms with Gasteiger partial charge >= 0.3 is 0 Å². The first-order valence-corrected chi connectivity index (χ1v) is 11.6. The van der Waals surface area contributed by atoms with Crippen LogP contribution in [0.1, 0.15) is 37.8 Å². The molecule has 0 unspecified atom stereocenters. The fourth-order valence-corrected chi connectivity index (χ4v) is 3.95. The fourth-order valence-electron chi connectivity index (χ4n) is 2.89. The molecule has 0 amide bonds. The summed E-state index contributed by atoms with van der Waals surface area (Å²) in [7, 11) is 0. The number of tetrazole rings is 1. The van der Waals surface area contributed by atoms with Crippen LogP contribution in [0, 0.1) is 0 Å². The van der Waals surface area contributed by atoms with Gasteiger partial charge in [0, 0.05) is 28.7 Å². The summed E-state index contributed by atoms with van der Waals surface area (Å²) in [5, 5.41) is 16.3. The number of nitrogens with zero attached hydrogens (tertiary/aromatic N) is 4. The van der Waals surface area contributed by atoms with Crippen molar-refractivity contribution < 1.29 is 9.47 Å². The predicted octanol–water partition coefficient (Wildman–Crippen LogP) is 6.13. The zero-order chi connectivity index (χ0) is 22.2. The van der Waals surface area contributed by atoms with Crippen molar-refractivity contribution in [3.05, 3.63) is 56.0 Å². The summed E-state index contributed by atoms with van der Waals surface area (Å²) in [5.41, 5.74) is 1.84. The molecule has 7 nitrogen and oxygen atoms in total. The first-order valence-electron chi connectivity index (χ1n) is 10.0. The SMILES string of the molecule is CCCCn1nnnc1NCc1cc(Br)c(OCc2ccc(Cl)cc2Cl)c(OCC)c1. The Balaban J connectivity index is 1.73. The zero-order valence-electron chi connectivity index (χ0n) is 17.4. The Hall–Kier alpha value is -2.03. The Morgan fingerprint density at radius 2 is 1.97 bits per heavy atom. The van der Waals surface area contributed by atoms with E-state index in [-0.39, 0.29) is 0 Å². The molecule has 0 atom stereocenters. The molecular weight excluding hydrogens is 505 g/mol. The van der Waals surface area contributed by atoms with Gasteiger partial charge in [0.1, 0.15) is 6.61 Å². The number of anilines is 1. The lowest BCUT2D eigenvalue weighted by atomic mass is 10.2. The molecule has 3 rings (SSSR count). The first kappa shape index (κ1) is 23.6. The lowest BCUT2D eigenvalue weighted by Gasteiger charge is -2.16. The van der Waals surface area contributed by atoms with Gasteiger partial charge in [-0.3, -0.25) is 0 Å². The molecule has 31 heavy (non-hydrogen) atoms. The summed E-state index contributed by atoms with van der Waals surface area (Å²) in [4.78, 5) is 0. The van der Waals surface area contributed by atoms with E-state index in [0.29, 0.717) is 47.3 Å². The molecule has 0 aliphatic carbocycles. The van der Waals surface area contributed by atoms with Crippen LogP contribution in [-0.2, 0) is 19.7 Å². The molecule has 3 aromatic rings. The van der Waals surface area contributed by atoms with Crippen molar-refractivity contribution in [2.45, 2.75) is 46.4 Å².